The Morgan fingerprint density at radius 3 is 3.05 bits per heavy atom. The molecule has 2 heterocycles. The highest BCUT2D eigenvalue weighted by Gasteiger charge is 2.11. The third-order valence-corrected chi connectivity index (χ3v) is 3.28. The fourth-order valence-electron chi connectivity index (χ4n) is 1.58. The third kappa shape index (κ3) is 3.22. The molecule has 2 aromatic heterocycles. The molecular formula is C13H14N4OS. The van der Waals surface area contributed by atoms with E-state index in [2.05, 4.69) is 22.3 Å². The van der Waals surface area contributed by atoms with Crippen molar-refractivity contribution in [3.63, 3.8) is 0 Å². The van der Waals surface area contributed by atoms with E-state index in [-0.39, 0.29) is 5.91 Å². The number of carbonyl (C=O) groups is 1. The lowest BCUT2D eigenvalue weighted by Crippen LogP contribution is -2.11. The Hall–Kier alpha value is -2.10. The number of anilines is 1. The normalized spacial score (nSPS) is 9.84. The number of carbonyl (C=O) groups excluding carboxylic acids is 1. The molecule has 19 heavy (non-hydrogen) atoms. The number of hydrogen-bond acceptors (Lipinski definition) is 4. The van der Waals surface area contributed by atoms with E-state index in [0.29, 0.717) is 17.8 Å². The third-order valence-electron chi connectivity index (χ3n) is 2.44. The fraction of sp³-hybridized carbons (Fsp3) is 0.231. The summed E-state index contributed by atoms with van der Waals surface area (Å²) in [6.45, 7) is 2.16. The molecule has 98 valence electrons. The highest BCUT2D eigenvalue weighted by molar-refractivity contribution is 7.10. The minimum absolute atomic E-state index is 0.159. The van der Waals surface area contributed by atoms with Gasteiger partial charge in [0.15, 0.2) is 0 Å². The summed E-state index contributed by atoms with van der Waals surface area (Å²) < 4.78 is 1.66. The van der Waals surface area contributed by atoms with Gasteiger partial charge in [0.2, 0.25) is 0 Å². The van der Waals surface area contributed by atoms with Gasteiger partial charge < -0.3 is 11.1 Å². The van der Waals surface area contributed by atoms with Crippen molar-refractivity contribution in [1.29, 1.82) is 0 Å². The predicted molar refractivity (Wildman–Crippen MR) is 76.1 cm³/mol. The van der Waals surface area contributed by atoms with E-state index in [1.165, 1.54) is 11.3 Å². The van der Waals surface area contributed by atoms with Crippen LogP contribution in [0.4, 0.5) is 5.69 Å². The van der Waals surface area contributed by atoms with Crippen molar-refractivity contribution in [1.82, 2.24) is 9.78 Å². The van der Waals surface area contributed by atoms with Crippen molar-refractivity contribution < 1.29 is 4.79 Å². The maximum Gasteiger partial charge on any atom is 0.256 e. The molecule has 0 bridgehead atoms. The first-order valence-electron chi connectivity index (χ1n) is 5.69. The summed E-state index contributed by atoms with van der Waals surface area (Å²) in [6, 6.07) is 1.76. The second-order valence-corrected chi connectivity index (χ2v) is 4.87. The van der Waals surface area contributed by atoms with Crippen LogP contribution in [0.15, 0.2) is 17.6 Å². The molecule has 0 radical (unpaired) electrons. The van der Waals surface area contributed by atoms with E-state index >= 15 is 0 Å². The van der Waals surface area contributed by atoms with Crippen LogP contribution in [0.25, 0.3) is 0 Å². The molecule has 0 saturated carbocycles. The minimum Gasteiger partial charge on any atom is -0.320 e. The Labute approximate surface area is 115 Å². The Morgan fingerprint density at radius 1 is 1.63 bits per heavy atom. The molecule has 0 atom stereocenters. The van der Waals surface area contributed by atoms with E-state index in [1.54, 1.807) is 22.3 Å². The Kier molecular flexibility index (Phi) is 4.00. The summed E-state index contributed by atoms with van der Waals surface area (Å²) in [6.07, 6.45) is 1.77. The Balaban J connectivity index is 2.12. The predicted octanol–water partition coefficient (Wildman–Crippen LogP) is 1.35. The first kappa shape index (κ1) is 13.3. The van der Waals surface area contributed by atoms with Gasteiger partial charge in [-0.1, -0.05) is 11.8 Å². The molecule has 0 saturated heterocycles. The van der Waals surface area contributed by atoms with Crippen molar-refractivity contribution >= 4 is 22.9 Å². The number of thiophene rings is 1. The van der Waals surface area contributed by atoms with Crippen LogP contribution in [-0.2, 0) is 7.05 Å². The Bertz CT molecular complexity index is 660. The van der Waals surface area contributed by atoms with Gasteiger partial charge in [-0.25, -0.2) is 0 Å². The summed E-state index contributed by atoms with van der Waals surface area (Å²) in [5.74, 6) is 5.51. The van der Waals surface area contributed by atoms with Crippen LogP contribution < -0.4 is 11.1 Å². The first-order chi connectivity index (χ1) is 9.10. The van der Waals surface area contributed by atoms with E-state index in [4.69, 9.17) is 5.73 Å². The van der Waals surface area contributed by atoms with E-state index in [0.717, 1.165) is 10.6 Å². The standard InChI is InChI=1S/C13H14N4OS/c1-9-12(7-17(2)16-9)15-13(18)10-6-11(19-8-10)4-3-5-14/h6-8H,5,14H2,1-2H3,(H,15,18). The summed E-state index contributed by atoms with van der Waals surface area (Å²) >= 11 is 1.43. The molecular weight excluding hydrogens is 260 g/mol. The maximum atomic E-state index is 12.0. The maximum absolute atomic E-state index is 12.0. The summed E-state index contributed by atoms with van der Waals surface area (Å²) in [7, 11) is 1.81. The molecule has 0 aliphatic rings. The molecule has 1 amide bonds. The molecule has 6 heteroatoms. The lowest BCUT2D eigenvalue weighted by molar-refractivity contribution is 0.102. The van der Waals surface area contributed by atoms with Crippen molar-refractivity contribution in [2.45, 2.75) is 6.92 Å². The zero-order valence-electron chi connectivity index (χ0n) is 10.7. The van der Waals surface area contributed by atoms with Gasteiger partial charge in [-0.3, -0.25) is 9.48 Å². The van der Waals surface area contributed by atoms with Crippen LogP contribution in [-0.4, -0.2) is 22.2 Å². The summed E-state index contributed by atoms with van der Waals surface area (Å²) in [5, 5.41) is 8.78. The molecule has 0 aliphatic carbocycles. The number of nitrogens with two attached hydrogens (primary N) is 1. The minimum atomic E-state index is -0.159. The fourth-order valence-corrected chi connectivity index (χ4v) is 2.33. The van der Waals surface area contributed by atoms with Gasteiger partial charge in [-0.15, -0.1) is 11.3 Å². The van der Waals surface area contributed by atoms with Crippen LogP contribution in [0.5, 0.6) is 0 Å². The molecule has 2 aromatic rings. The molecule has 0 fully saturated rings. The molecule has 5 nitrogen and oxygen atoms in total. The average molecular weight is 274 g/mol. The zero-order chi connectivity index (χ0) is 13.8. The highest BCUT2D eigenvalue weighted by Crippen LogP contribution is 2.17. The van der Waals surface area contributed by atoms with Crippen LogP contribution in [0.2, 0.25) is 0 Å². The molecule has 0 unspecified atom stereocenters. The van der Waals surface area contributed by atoms with Crippen molar-refractivity contribution in [2.75, 3.05) is 11.9 Å². The van der Waals surface area contributed by atoms with Gasteiger partial charge in [0.25, 0.3) is 5.91 Å². The molecule has 0 aromatic carbocycles. The highest BCUT2D eigenvalue weighted by atomic mass is 32.1. The number of aryl methyl sites for hydroxylation is 2. The van der Waals surface area contributed by atoms with Gasteiger partial charge >= 0.3 is 0 Å². The monoisotopic (exact) mass is 274 g/mol. The number of nitrogens with one attached hydrogen (secondary N) is 1. The second-order valence-electron chi connectivity index (χ2n) is 3.96. The average Bonchev–Trinajstić information content (AvgIpc) is 2.94. The van der Waals surface area contributed by atoms with Crippen LogP contribution in [0.3, 0.4) is 0 Å². The lowest BCUT2D eigenvalue weighted by Gasteiger charge is -2.00. The van der Waals surface area contributed by atoms with Gasteiger partial charge in [0.05, 0.1) is 28.4 Å². The smallest absolute Gasteiger partial charge is 0.256 e. The van der Waals surface area contributed by atoms with Crippen molar-refractivity contribution in [3.05, 3.63) is 33.8 Å². The Morgan fingerprint density at radius 2 is 2.42 bits per heavy atom. The second kappa shape index (κ2) is 5.69. The topological polar surface area (TPSA) is 72.9 Å². The zero-order valence-corrected chi connectivity index (χ0v) is 11.5. The molecule has 2 rings (SSSR count). The van der Waals surface area contributed by atoms with Crippen molar-refractivity contribution in [3.8, 4) is 11.8 Å². The summed E-state index contributed by atoms with van der Waals surface area (Å²) in [4.78, 5) is 12.9. The molecule has 0 spiro atoms. The quantitative estimate of drug-likeness (QED) is 0.812. The molecule has 3 N–H and O–H groups in total. The van der Waals surface area contributed by atoms with Crippen LogP contribution in [0.1, 0.15) is 20.9 Å². The summed E-state index contributed by atoms with van der Waals surface area (Å²) in [5.41, 5.74) is 7.40. The van der Waals surface area contributed by atoms with Gasteiger partial charge in [0, 0.05) is 18.6 Å². The van der Waals surface area contributed by atoms with Gasteiger partial charge in [-0.05, 0) is 13.0 Å². The number of hydrogen-bond donors (Lipinski definition) is 2. The van der Waals surface area contributed by atoms with Crippen molar-refractivity contribution in [2.24, 2.45) is 12.8 Å². The van der Waals surface area contributed by atoms with Gasteiger partial charge in [0.1, 0.15) is 0 Å². The number of amides is 1. The SMILES string of the molecule is Cc1nn(C)cc1NC(=O)c1csc(C#CCN)c1. The number of aromatic nitrogens is 2. The van der Waals surface area contributed by atoms with Crippen LogP contribution >= 0.6 is 11.3 Å². The largest absolute Gasteiger partial charge is 0.320 e. The van der Waals surface area contributed by atoms with E-state index in [9.17, 15) is 4.79 Å². The van der Waals surface area contributed by atoms with Gasteiger partial charge in [-0.2, -0.15) is 5.10 Å². The lowest BCUT2D eigenvalue weighted by atomic mass is 10.2. The first-order valence-corrected chi connectivity index (χ1v) is 6.57. The number of nitrogens with zero attached hydrogens (tertiary/aromatic N) is 2. The van der Waals surface area contributed by atoms with E-state index < -0.39 is 0 Å². The van der Waals surface area contributed by atoms with E-state index in [1.807, 2.05) is 14.0 Å². The molecule has 0 aliphatic heterocycles. The number of rotatable bonds is 2. The van der Waals surface area contributed by atoms with Crippen LogP contribution in [0, 0.1) is 18.8 Å².